The Morgan fingerprint density at radius 2 is 1.73 bits per heavy atom. The summed E-state index contributed by atoms with van der Waals surface area (Å²) in [7, 11) is 7.83. The van der Waals surface area contributed by atoms with Gasteiger partial charge in [0, 0.05) is 68.8 Å². The molecule has 7 aromatic rings. The topological polar surface area (TPSA) is 125 Å². The summed E-state index contributed by atoms with van der Waals surface area (Å²) in [6, 6.07) is 19.5. The molecule has 13 nitrogen and oxygen atoms in total. The molecule has 0 radical (unpaired) electrons. The van der Waals surface area contributed by atoms with Crippen LogP contribution in [0.1, 0.15) is 98.9 Å². The highest BCUT2D eigenvalue weighted by Crippen LogP contribution is 2.44. The third kappa shape index (κ3) is 6.63. The minimum absolute atomic E-state index is 0.00223. The molecule has 13 heteroatoms. The molecule has 1 atom stereocenters. The fraction of sp³-hybridized carbons (Fsp3) is 0.388. The summed E-state index contributed by atoms with van der Waals surface area (Å²) < 4.78 is 14.2. The molecular formula is C49H55N10O3+. The molecule has 1 fully saturated rings. The van der Waals surface area contributed by atoms with E-state index >= 15 is 0 Å². The smallest absolute Gasteiger partial charge is 0.253 e. The highest BCUT2D eigenvalue weighted by molar-refractivity contribution is 5.98. The number of likely N-dealkylation sites (tertiary alicyclic amines) is 1. The number of fused-ring (bicyclic) bond motifs is 3. The molecule has 4 aromatic heterocycles. The number of anilines is 3. The SMILES string of the molecule is Cc1noc(Cn2cc(-c3cc4c(cc3C#N)N(c3cc(C(C)C)cc5c3cc(C)c(=O)n5C)CCN4C)c[n+]2C)c1-c1ccc2c(c1)nc(C1CCCC(=O)N1C)n2C(C)C. The van der Waals surface area contributed by atoms with Crippen LogP contribution < -0.4 is 20.0 Å². The fourth-order valence-corrected chi connectivity index (χ4v) is 9.69. The molecule has 1 amide bonds. The van der Waals surface area contributed by atoms with Crippen molar-refractivity contribution in [2.75, 3.05) is 37.0 Å². The van der Waals surface area contributed by atoms with Gasteiger partial charge in [-0.15, -0.1) is 4.68 Å². The van der Waals surface area contributed by atoms with Gasteiger partial charge in [0.25, 0.3) is 5.56 Å². The number of nitrogens with zero attached hydrogens (tertiary/aromatic N) is 10. The molecule has 2 aliphatic heterocycles. The first kappa shape index (κ1) is 40.7. The Balaban J connectivity index is 1.07. The van der Waals surface area contributed by atoms with Crippen molar-refractivity contribution in [3.63, 3.8) is 0 Å². The number of carbonyl (C=O) groups is 1. The molecule has 9 rings (SSSR count). The van der Waals surface area contributed by atoms with Crippen molar-refractivity contribution in [2.45, 2.75) is 85.4 Å². The van der Waals surface area contributed by atoms with E-state index in [4.69, 9.17) is 9.51 Å². The van der Waals surface area contributed by atoms with Crippen molar-refractivity contribution in [2.24, 2.45) is 14.1 Å². The number of amides is 1. The van der Waals surface area contributed by atoms with Gasteiger partial charge in [0.15, 0.2) is 12.8 Å². The van der Waals surface area contributed by atoms with Gasteiger partial charge in [-0.05, 0) is 100 Å². The number of imidazole rings is 1. The number of hydrogen-bond acceptors (Lipinski definition) is 8. The Morgan fingerprint density at radius 3 is 2.47 bits per heavy atom. The summed E-state index contributed by atoms with van der Waals surface area (Å²) >= 11 is 0. The van der Waals surface area contributed by atoms with E-state index in [1.807, 2.05) is 62.9 Å². The lowest BCUT2D eigenvalue weighted by Crippen LogP contribution is -2.38. The minimum atomic E-state index is -0.0644. The third-order valence-corrected chi connectivity index (χ3v) is 13.2. The predicted molar refractivity (Wildman–Crippen MR) is 243 cm³/mol. The zero-order valence-corrected chi connectivity index (χ0v) is 37.4. The Kier molecular flexibility index (Phi) is 10.1. The van der Waals surface area contributed by atoms with Gasteiger partial charge in [0.1, 0.15) is 12.4 Å². The Hall–Kier alpha value is -6.68. The average molecular weight is 832 g/mol. The van der Waals surface area contributed by atoms with Crippen molar-refractivity contribution < 1.29 is 14.0 Å². The molecule has 3 aromatic carbocycles. The van der Waals surface area contributed by atoms with Gasteiger partial charge >= 0.3 is 0 Å². The first-order valence-electron chi connectivity index (χ1n) is 21.7. The minimum Gasteiger partial charge on any atom is -0.371 e. The van der Waals surface area contributed by atoms with Crippen LogP contribution in [0.15, 0.2) is 70.2 Å². The van der Waals surface area contributed by atoms with Crippen LogP contribution in [-0.2, 0) is 25.4 Å². The van der Waals surface area contributed by atoms with Crippen LogP contribution in [0.2, 0.25) is 0 Å². The maximum Gasteiger partial charge on any atom is 0.253 e. The molecule has 0 saturated carbocycles. The van der Waals surface area contributed by atoms with Crippen molar-refractivity contribution in [1.82, 2.24) is 28.9 Å². The molecular weight excluding hydrogens is 777 g/mol. The van der Waals surface area contributed by atoms with Crippen LogP contribution >= 0.6 is 0 Å². The van der Waals surface area contributed by atoms with Crippen molar-refractivity contribution in [3.8, 4) is 28.3 Å². The quantitative estimate of drug-likeness (QED) is 0.140. The van der Waals surface area contributed by atoms with E-state index in [-0.39, 0.29) is 29.5 Å². The lowest BCUT2D eigenvalue weighted by Gasteiger charge is -2.38. The first-order valence-corrected chi connectivity index (χ1v) is 21.7. The second kappa shape index (κ2) is 15.3. The van der Waals surface area contributed by atoms with Crippen molar-refractivity contribution in [3.05, 3.63) is 105 Å². The largest absolute Gasteiger partial charge is 0.371 e. The van der Waals surface area contributed by atoms with Gasteiger partial charge < -0.3 is 28.4 Å². The summed E-state index contributed by atoms with van der Waals surface area (Å²) in [5.41, 5.74) is 12.7. The summed E-state index contributed by atoms with van der Waals surface area (Å²) in [6.07, 6.45) is 6.44. The summed E-state index contributed by atoms with van der Waals surface area (Å²) in [5.74, 6) is 2.05. The van der Waals surface area contributed by atoms with Crippen LogP contribution in [0, 0.1) is 25.2 Å². The normalized spacial score (nSPS) is 15.8. The van der Waals surface area contributed by atoms with Gasteiger partial charge in [0.05, 0.1) is 68.7 Å². The Labute approximate surface area is 362 Å². The van der Waals surface area contributed by atoms with E-state index in [1.165, 1.54) is 0 Å². The molecule has 318 valence electrons. The molecule has 0 spiro atoms. The van der Waals surface area contributed by atoms with Crippen molar-refractivity contribution >= 4 is 44.9 Å². The summed E-state index contributed by atoms with van der Waals surface area (Å²) in [4.78, 5) is 37.4. The lowest BCUT2D eigenvalue weighted by atomic mass is 9.96. The van der Waals surface area contributed by atoms with Gasteiger partial charge in [-0.3, -0.25) is 9.59 Å². The standard InChI is InChI=1S/C49H55N10O3/c1-28(2)33-20-41-37(18-30(5)49(61)56(41)10)42(21-33)58-17-16-53(7)43-23-36(34(24-50)22-44(43)58)35-25-54(8)57(26-35)27-45-47(31(6)52-62-45)32-14-15-39-38(19-32)51-48(59(39)29(3)4)40-12-11-13-46(60)55(40)9/h14-15,18-23,25-26,28-29,40H,11-13,16-17,27H2,1-10H3/q+1. The fourth-order valence-electron chi connectivity index (χ4n) is 9.69. The predicted octanol–water partition coefficient (Wildman–Crippen LogP) is 8.35. The summed E-state index contributed by atoms with van der Waals surface area (Å²) in [5, 5.41) is 16.2. The average Bonchev–Trinajstić information content (AvgIpc) is 3.94. The first-order chi connectivity index (χ1) is 29.6. The Bertz CT molecular complexity index is 3050. The van der Waals surface area contributed by atoms with E-state index in [2.05, 4.69) is 108 Å². The van der Waals surface area contributed by atoms with Crippen LogP contribution in [0.3, 0.4) is 0 Å². The Morgan fingerprint density at radius 1 is 0.935 bits per heavy atom. The monoisotopic (exact) mass is 831 g/mol. The number of aromatic nitrogens is 6. The number of benzene rings is 3. The highest BCUT2D eigenvalue weighted by Gasteiger charge is 2.32. The maximum absolute atomic E-state index is 13.1. The second-order valence-electron chi connectivity index (χ2n) is 17.9. The lowest BCUT2D eigenvalue weighted by molar-refractivity contribution is -0.752. The molecule has 1 saturated heterocycles. The molecule has 62 heavy (non-hydrogen) atoms. The number of nitriles is 1. The van der Waals surface area contributed by atoms with E-state index in [1.54, 1.807) is 4.57 Å². The van der Waals surface area contributed by atoms with Gasteiger partial charge in [-0.2, -0.15) is 9.94 Å². The molecule has 0 N–H and O–H groups in total. The number of hydrogen-bond donors (Lipinski definition) is 0. The molecule has 0 aliphatic carbocycles. The van der Waals surface area contributed by atoms with Gasteiger partial charge in [-0.25, -0.2) is 4.98 Å². The van der Waals surface area contributed by atoms with E-state index in [0.29, 0.717) is 29.9 Å². The van der Waals surface area contributed by atoms with Crippen LogP contribution in [0.4, 0.5) is 17.1 Å². The number of aryl methyl sites for hydroxylation is 4. The van der Waals surface area contributed by atoms with Crippen LogP contribution in [0.5, 0.6) is 0 Å². The van der Waals surface area contributed by atoms with E-state index < -0.39 is 0 Å². The van der Waals surface area contributed by atoms with Crippen LogP contribution in [-0.4, -0.2) is 61.9 Å². The van der Waals surface area contributed by atoms with Crippen LogP contribution in [0.25, 0.3) is 44.2 Å². The molecule has 0 bridgehead atoms. The number of pyridine rings is 1. The second-order valence-corrected chi connectivity index (χ2v) is 17.9. The highest BCUT2D eigenvalue weighted by atomic mass is 16.5. The number of likely N-dealkylation sites (N-methyl/N-ethyl adjacent to an activating group) is 1. The number of piperidine rings is 1. The molecule has 6 heterocycles. The summed E-state index contributed by atoms with van der Waals surface area (Å²) in [6.45, 7) is 14.4. The van der Waals surface area contributed by atoms with E-state index in [9.17, 15) is 14.9 Å². The molecule has 2 aliphatic rings. The van der Waals surface area contributed by atoms with Gasteiger partial charge in [0.2, 0.25) is 12.1 Å². The zero-order valence-electron chi connectivity index (χ0n) is 37.4. The third-order valence-electron chi connectivity index (χ3n) is 13.2. The number of rotatable bonds is 8. The maximum atomic E-state index is 13.1. The van der Waals surface area contributed by atoms with E-state index in [0.717, 1.165) is 104 Å². The number of carbonyl (C=O) groups excluding carboxylic acids is 1. The van der Waals surface area contributed by atoms with Crippen molar-refractivity contribution in [1.29, 1.82) is 5.26 Å². The molecule has 1 unspecified atom stereocenters. The zero-order chi connectivity index (χ0) is 43.9. The van der Waals surface area contributed by atoms with Gasteiger partial charge in [-0.1, -0.05) is 25.1 Å².